The molecule has 0 nitrogen and oxygen atoms in total. The van der Waals surface area contributed by atoms with Crippen molar-refractivity contribution in [3.05, 3.63) is 194 Å². The fraction of sp³-hybridized carbons (Fsp3) is 0.0222. The Morgan fingerprint density at radius 3 is 1.45 bits per heavy atom. The van der Waals surface area contributed by atoms with Crippen LogP contribution in [0.25, 0.3) is 54.2 Å². The molecule has 0 atom stereocenters. The van der Waals surface area contributed by atoms with Gasteiger partial charge in [0.25, 0.3) is 0 Å². The smallest absolute Gasteiger partial charge is 0.0771 e. The Bertz CT molecular complexity index is 2430. The molecule has 0 fully saturated rings. The predicted molar refractivity (Wildman–Crippen MR) is 214 cm³/mol. The number of hydrogen-bond donors (Lipinski definition) is 0. The molecule has 0 saturated heterocycles. The second-order valence-corrected chi connectivity index (χ2v) is 31.3. The van der Waals surface area contributed by atoms with Crippen molar-refractivity contribution in [1.29, 1.82) is 0 Å². The summed E-state index contributed by atoms with van der Waals surface area (Å²) in [6, 6.07) is 66.4. The van der Waals surface area contributed by atoms with Gasteiger partial charge in [-0.15, -0.1) is 74.3 Å². The summed E-state index contributed by atoms with van der Waals surface area (Å²) in [4.78, 5) is 0. The van der Waals surface area contributed by atoms with Crippen molar-refractivity contribution in [2.45, 2.75) is 6.92 Å². The van der Waals surface area contributed by atoms with Crippen molar-refractivity contribution < 1.29 is 18.0 Å². The fourth-order valence-corrected chi connectivity index (χ4v) is 21.8. The maximum Gasteiger partial charge on any atom is -0.0771 e. The standard InChI is InChI=1S/C20H15.C13H9.C12H10Si.2ClH.Zr/c1-14-12-16-8-5-11-19(20(16)13-14)18-10-4-7-15-6-2-3-9-17(15)18;1-3-7-12-10(5-1)9-11-6-2-4-8-13(11)12;1-3-7-11(8-4-1)13-12-9-5-2-6-10-12;;;/h2-13H,1H3;1-9H;1-10H;2*1H;/q2*-1;;;;+2/p-2. The third-order valence-electron chi connectivity index (χ3n) is 8.81. The average molecular weight is 765 g/mol. The summed E-state index contributed by atoms with van der Waals surface area (Å²) in [6.45, 7) is 2.16. The number of aryl methyl sites for hydroxylation is 1. The molecule has 0 unspecified atom stereocenters. The number of fused-ring (bicyclic) bond motifs is 5. The first kappa shape index (κ1) is 33.5. The minimum Gasteiger partial charge on any atom is -0.126 e. The topological polar surface area (TPSA) is 0 Å². The van der Waals surface area contributed by atoms with Crippen LogP contribution in [0.5, 0.6) is 0 Å². The zero-order chi connectivity index (χ0) is 33.6. The molecule has 0 radical (unpaired) electrons. The first-order chi connectivity index (χ1) is 24.1. The van der Waals surface area contributed by atoms with Gasteiger partial charge >= 0.3 is 111 Å². The fourth-order valence-electron chi connectivity index (χ4n) is 6.58. The van der Waals surface area contributed by atoms with Gasteiger partial charge in [-0.05, 0) is 16.3 Å². The molecule has 0 N–H and O–H groups in total. The first-order valence-corrected chi connectivity index (χ1v) is 27.9. The molecule has 0 aromatic heterocycles. The van der Waals surface area contributed by atoms with Gasteiger partial charge in [0.2, 0.25) is 0 Å². The van der Waals surface area contributed by atoms with Gasteiger partial charge in [-0.25, -0.2) is 0 Å². The van der Waals surface area contributed by atoms with Crippen LogP contribution in [0.15, 0.2) is 188 Å². The third kappa shape index (κ3) is 7.59. The van der Waals surface area contributed by atoms with E-state index in [-0.39, 0.29) is 0 Å². The van der Waals surface area contributed by atoms with Crippen LogP contribution in [-0.2, 0) is 18.0 Å². The molecule has 0 heterocycles. The molecule has 9 aromatic rings. The van der Waals surface area contributed by atoms with Crippen molar-refractivity contribution in [3.8, 4) is 11.1 Å². The maximum absolute atomic E-state index is 6.32. The normalized spacial score (nSPS) is 10.8. The van der Waals surface area contributed by atoms with Crippen LogP contribution in [0.4, 0.5) is 0 Å². The Morgan fingerprint density at radius 2 is 0.857 bits per heavy atom. The quantitative estimate of drug-likeness (QED) is 0.124. The molecule has 0 amide bonds. The monoisotopic (exact) mass is 762 g/mol. The van der Waals surface area contributed by atoms with E-state index in [4.69, 9.17) is 17.0 Å². The van der Waals surface area contributed by atoms with Gasteiger partial charge in [0, 0.05) is 0 Å². The zero-order valence-electron chi connectivity index (χ0n) is 27.2. The van der Waals surface area contributed by atoms with Gasteiger partial charge in [0.15, 0.2) is 0 Å². The SMILES string of the molecule is Cc1cc2c(-c3cccc4ccccc34)cccc2[cH-]1.[Cl][Zr]([Cl])=[Si](c1ccccc1)c1ccccc1.c1ccc2c(c1)[cH-]c1ccccc12. The van der Waals surface area contributed by atoms with E-state index in [9.17, 15) is 0 Å². The Morgan fingerprint density at radius 1 is 0.429 bits per heavy atom. The predicted octanol–water partition coefficient (Wildman–Crippen LogP) is 12.1. The second-order valence-electron chi connectivity index (χ2n) is 12.1. The van der Waals surface area contributed by atoms with Crippen LogP contribution in [-0.4, -0.2) is 5.43 Å². The number of hydrogen-bond acceptors (Lipinski definition) is 0. The van der Waals surface area contributed by atoms with E-state index < -0.39 is 23.4 Å². The van der Waals surface area contributed by atoms with E-state index in [0.717, 1.165) is 0 Å². The first-order valence-electron chi connectivity index (χ1n) is 16.4. The van der Waals surface area contributed by atoms with E-state index in [0.29, 0.717) is 0 Å². The van der Waals surface area contributed by atoms with Crippen LogP contribution >= 0.6 is 17.0 Å². The van der Waals surface area contributed by atoms with Gasteiger partial charge in [0.1, 0.15) is 0 Å². The molecule has 49 heavy (non-hydrogen) atoms. The Balaban J connectivity index is 0.000000119. The van der Waals surface area contributed by atoms with Gasteiger partial charge in [-0.3, -0.25) is 0 Å². The van der Waals surface area contributed by atoms with E-state index in [2.05, 4.69) is 183 Å². The van der Waals surface area contributed by atoms with Gasteiger partial charge < -0.3 is 0 Å². The van der Waals surface area contributed by atoms with Gasteiger partial charge in [0.05, 0.1) is 0 Å². The van der Waals surface area contributed by atoms with Crippen molar-refractivity contribution in [2.24, 2.45) is 0 Å². The van der Waals surface area contributed by atoms with Crippen molar-refractivity contribution in [3.63, 3.8) is 0 Å². The van der Waals surface area contributed by atoms with Crippen LogP contribution in [0.1, 0.15) is 5.56 Å². The Labute approximate surface area is 303 Å². The third-order valence-corrected chi connectivity index (χ3v) is 24.8. The van der Waals surface area contributed by atoms with Crippen LogP contribution in [0.2, 0.25) is 0 Å². The molecule has 0 spiro atoms. The Hall–Kier alpha value is -4.04. The molecule has 4 heteroatoms. The molecular formula is C45H34Cl2SiZr-2. The molecular weight excluding hydrogens is 731 g/mol. The zero-order valence-corrected chi connectivity index (χ0v) is 32.1. The molecule has 0 bridgehead atoms. The maximum atomic E-state index is 6.32. The van der Waals surface area contributed by atoms with Gasteiger partial charge in [-0.1, -0.05) is 97.4 Å². The second kappa shape index (κ2) is 15.7. The molecule has 0 saturated carbocycles. The average Bonchev–Trinajstić information content (AvgIpc) is 3.72. The molecule has 9 aromatic carbocycles. The largest absolute Gasteiger partial charge is 0.126 e. The van der Waals surface area contributed by atoms with E-state index in [1.165, 1.54) is 70.2 Å². The summed E-state index contributed by atoms with van der Waals surface area (Å²) in [5.41, 5.74) is 3.08. The number of halogens is 2. The summed E-state index contributed by atoms with van der Waals surface area (Å²) in [5, 5.41) is 13.3. The summed E-state index contributed by atoms with van der Waals surface area (Å²) in [7, 11) is 12.6. The Kier molecular flexibility index (Phi) is 10.7. The molecule has 238 valence electrons. The summed E-state index contributed by atoms with van der Waals surface area (Å²) in [5.74, 6) is 0. The van der Waals surface area contributed by atoms with Crippen LogP contribution < -0.4 is 10.4 Å². The number of rotatable bonds is 3. The van der Waals surface area contributed by atoms with Gasteiger partial charge in [-0.2, -0.15) is 6.07 Å². The van der Waals surface area contributed by atoms with Crippen molar-refractivity contribution >= 4 is 75.9 Å². The summed E-state index contributed by atoms with van der Waals surface area (Å²) in [6.07, 6.45) is 0. The van der Waals surface area contributed by atoms with E-state index in [1.807, 2.05) is 12.1 Å². The summed E-state index contributed by atoms with van der Waals surface area (Å²) >= 11 is -2.26. The minimum atomic E-state index is -2.26. The molecule has 0 aliphatic heterocycles. The molecule has 9 rings (SSSR count). The number of benzene rings is 7. The van der Waals surface area contributed by atoms with E-state index >= 15 is 0 Å². The molecule has 0 aliphatic carbocycles. The van der Waals surface area contributed by atoms with E-state index in [1.54, 1.807) is 0 Å². The molecule has 0 aliphatic rings. The van der Waals surface area contributed by atoms with Crippen LogP contribution in [0.3, 0.4) is 0 Å². The van der Waals surface area contributed by atoms with Crippen molar-refractivity contribution in [2.75, 3.05) is 0 Å². The van der Waals surface area contributed by atoms with Crippen molar-refractivity contribution in [1.82, 2.24) is 0 Å². The minimum absolute atomic E-state index is 0.889. The summed E-state index contributed by atoms with van der Waals surface area (Å²) < 4.78 is 0. The van der Waals surface area contributed by atoms with Crippen LogP contribution in [0, 0.1) is 6.92 Å².